The summed E-state index contributed by atoms with van der Waals surface area (Å²) in [6.07, 6.45) is 0.539. The molecule has 1 aromatic carbocycles. The normalized spacial score (nSPS) is 14.9. The van der Waals surface area contributed by atoms with E-state index in [4.69, 9.17) is 9.47 Å². The van der Waals surface area contributed by atoms with Crippen LogP contribution in [0.5, 0.6) is 0 Å². The van der Waals surface area contributed by atoms with Crippen molar-refractivity contribution in [2.45, 2.75) is 36.8 Å². The molecule has 3 rings (SSSR count). The first-order valence-corrected chi connectivity index (χ1v) is 11.4. The molecule has 10 heteroatoms. The van der Waals surface area contributed by atoms with Gasteiger partial charge in [-0.3, -0.25) is 14.4 Å². The van der Waals surface area contributed by atoms with Crippen molar-refractivity contribution in [3.63, 3.8) is 0 Å². The second-order valence-electron chi connectivity index (χ2n) is 6.53. The lowest BCUT2D eigenvalue weighted by molar-refractivity contribution is -0.147. The van der Waals surface area contributed by atoms with Gasteiger partial charge in [0.05, 0.1) is 29.5 Å². The van der Waals surface area contributed by atoms with Crippen molar-refractivity contribution in [1.29, 1.82) is 0 Å². The Hall–Kier alpha value is -2.85. The number of anilines is 2. The average Bonchev–Trinajstić information content (AvgIpc) is 3.16. The van der Waals surface area contributed by atoms with E-state index in [-0.39, 0.29) is 24.5 Å². The van der Waals surface area contributed by atoms with E-state index in [0.717, 1.165) is 9.77 Å². The van der Waals surface area contributed by atoms with Crippen LogP contribution in [0.2, 0.25) is 0 Å². The Morgan fingerprint density at radius 1 is 1.16 bits per heavy atom. The Labute approximate surface area is 187 Å². The van der Waals surface area contributed by atoms with Crippen molar-refractivity contribution in [3.05, 3.63) is 40.8 Å². The molecule has 1 aromatic heterocycles. The first-order chi connectivity index (χ1) is 14.9. The molecule has 1 aliphatic rings. The number of hydrogen-bond acceptors (Lipinski definition) is 8. The minimum Gasteiger partial charge on any atom is -0.462 e. The van der Waals surface area contributed by atoms with Crippen LogP contribution in [-0.2, 0) is 30.3 Å². The number of ether oxygens (including phenoxy) is 2. The van der Waals surface area contributed by atoms with Gasteiger partial charge in [-0.2, -0.15) is 0 Å². The minimum atomic E-state index is -0.659. The maximum Gasteiger partial charge on any atom is 0.341 e. The molecule has 1 unspecified atom stereocenters. The quantitative estimate of drug-likeness (QED) is 0.578. The number of para-hydroxylation sites is 1. The van der Waals surface area contributed by atoms with Crippen LogP contribution in [0.4, 0.5) is 10.7 Å². The molecular weight excluding hydrogens is 440 g/mol. The molecule has 0 radical (unpaired) electrons. The zero-order valence-corrected chi connectivity index (χ0v) is 18.7. The van der Waals surface area contributed by atoms with E-state index in [9.17, 15) is 19.2 Å². The van der Waals surface area contributed by atoms with Crippen molar-refractivity contribution in [2.24, 2.45) is 0 Å². The van der Waals surface area contributed by atoms with Crippen molar-refractivity contribution in [3.8, 4) is 0 Å². The van der Waals surface area contributed by atoms with Gasteiger partial charge in [-0.05, 0) is 31.5 Å². The summed E-state index contributed by atoms with van der Waals surface area (Å²) in [5.74, 6) is -2.04. The number of carbonyl (C=O) groups excluding carboxylic acids is 4. The summed E-state index contributed by atoms with van der Waals surface area (Å²) >= 11 is 2.55. The van der Waals surface area contributed by atoms with Crippen molar-refractivity contribution < 1.29 is 28.7 Å². The standard InChI is InChI=1S/C21H22N2O6S2/c1-3-12-9-13(21(27)28-4-2)20(30-12)23-17(24)11-29-18(25)10-16-19(26)22-14-7-5-6-8-15(14)31-16/h5-9,16H,3-4,10-11H2,1-2H3,(H,22,26)(H,23,24). The molecule has 8 nitrogen and oxygen atoms in total. The number of hydrogen-bond donors (Lipinski definition) is 2. The Bertz CT molecular complexity index is 1000. The van der Waals surface area contributed by atoms with Crippen molar-refractivity contribution in [2.75, 3.05) is 23.8 Å². The van der Waals surface area contributed by atoms with E-state index in [1.165, 1.54) is 23.1 Å². The van der Waals surface area contributed by atoms with Gasteiger partial charge in [-0.25, -0.2) is 4.79 Å². The fraction of sp³-hybridized carbons (Fsp3) is 0.333. The molecule has 2 amide bonds. The lowest BCUT2D eigenvalue weighted by atomic mass is 10.2. The number of amides is 2. The summed E-state index contributed by atoms with van der Waals surface area (Å²) in [6.45, 7) is 3.34. The highest BCUT2D eigenvalue weighted by atomic mass is 32.2. The molecule has 2 aromatic rings. The van der Waals surface area contributed by atoms with Crippen LogP contribution in [0.15, 0.2) is 35.2 Å². The lowest BCUT2D eigenvalue weighted by Gasteiger charge is -2.23. The highest BCUT2D eigenvalue weighted by molar-refractivity contribution is 8.01. The van der Waals surface area contributed by atoms with Gasteiger partial charge in [0.2, 0.25) is 5.91 Å². The van der Waals surface area contributed by atoms with Gasteiger partial charge in [0, 0.05) is 9.77 Å². The Morgan fingerprint density at radius 3 is 2.68 bits per heavy atom. The molecule has 0 saturated carbocycles. The molecule has 0 saturated heterocycles. The zero-order valence-electron chi connectivity index (χ0n) is 17.1. The van der Waals surface area contributed by atoms with Gasteiger partial charge in [-0.15, -0.1) is 23.1 Å². The van der Waals surface area contributed by atoms with Crippen LogP contribution in [0.25, 0.3) is 0 Å². The molecule has 2 N–H and O–H groups in total. The summed E-state index contributed by atoms with van der Waals surface area (Å²) in [5, 5.41) is 5.08. The summed E-state index contributed by atoms with van der Waals surface area (Å²) < 4.78 is 10.1. The smallest absolute Gasteiger partial charge is 0.341 e. The van der Waals surface area contributed by atoms with Crippen LogP contribution < -0.4 is 10.6 Å². The Balaban J connectivity index is 1.53. The molecule has 0 fully saturated rings. The van der Waals surface area contributed by atoms with E-state index in [0.29, 0.717) is 17.1 Å². The van der Waals surface area contributed by atoms with E-state index >= 15 is 0 Å². The SMILES string of the molecule is CCOC(=O)c1cc(CC)sc1NC(=O)COC(=O)CC1Sc2ccccc2NC1=O. The first-order valence-electron chi connectivity index (χ1n) is 9.73. The molecule has 2 heterocycles. The number of esters is 2. The number of carbonyl (C=O) groups is 4. The molecular formula is C21H22N2O6S2. The third kappa shape index (κ3) is 5.86. The molecule has 31 heavy (non-hydrogen) atoms. The Morgan fingerprint density at radius 2 is 1.94 bits per heavy atom. The van der Waals surface area contributed by atoms with Crippen LogP contribution >= 0.6 is 23.1 Å². The van der Waals surface area contributed by atoms with Crippen molar-refractivity contribution in [1.82, 2.24) is 0 Å². The summed E-state index contributed by atoms with van der Waals surface area (Å²) in [5.41, 5.74) is 0.985. The molecule has 1 atom stereocenters. The zero-order chi connectivity index (χ0) is 22.4. The van der Waals surface area contributed by atoms with Gasteiger partial charge in [0.15, 0.2) is 6.61 Å². The highest BCUT2D eigenvalue weighted by Crippen LogP contribution is 2.36. The average molecular weight is 463 g/mol. The topological polar surface area (TPSA) is 111 Å². The second-order valence-corrected chi connectivity index (χ2v) is 8.92. The number of fused-ring (bicyclic) bond motifs is 1. The fourth-order valence-corrected chi connectivity index (χ4v) is 4.91. The fourth-order valence-electron chi connectivity index (χ4n) is 2.82. The number of thiophene rings is 1. The van der Waals surface area contributed by atoms with Crippen molar-refractivity contribution >= 4 is 57.5 Å². The summed E-state index contributed by atoms with van der Waals surface area (Å²) in [6, 6.07) is 9.00. The van der Waals surface area contributed by atoms with Gasteiger partial charge in [0.1, 0.15) is 5.00 Å². The maximum absolute atomic E-state index is 12.2. The van der Waals surface area contributed by atoms with E-state index in [1.807, 2.05) is 25.1 Å². The molecule has 0 spiro atoms. The molecule has 0 bridgehead atoms. The van der Waals surface area contributed by atoms with E-state index in [1.54, 1.807) is 19.1 Å². The minimum absolute atomic E-state index is 0.162. The largest absolute Gasteiger partial charge is 0.462 e. The van der Waals surface area contributed by atoms with Gasteiger partial charge >= 0.3 is 11.9 Å². The van der Waals surface area contributed by atoms with Crippen LogP contribution in [0, 0.1) is 0 Å². The van der Waals surface area contributed by atoms with Crippen LogP contribution in [-0.4, -0.2) is 42.2 Å². The first kappa shape index (κ1) is 22.8. The van der Waals surface area contributed by atoms with E-state index in [2.05, 4.69) is 10.6 Å². The maximum atomic E-state index is 12.2. The van der Waals surface area contributed by atoms with E-state index < -0.39 is 29.7 Å². The predicted molar refractivity (Wildman–Crippen MR) is 119 cm³/mol. The summed E-state index contributed by atoms with van der Waals surface area (Å²) in [4.78, 5) is 50.5. The Kier molecular flexibility index (Phi) is 7.69. The summed E-state index contributed by atoms with van der Waals surface area (Å²) in [7, 11) is 0. The third-order valence-electron chi connectivity index (χ3n) is 4.30. The van der Waals surface area contributed by atoms with Gasteiger partial charge < -0.3 is 20.1 Å². The highest BCUT2D eigenvalue weighted by Gasteiger charge is 2.29. The third-order valence-corrected chi connectivity index (χ3v) is 6.77. The molecule has 0 aliphatic carbocycles. The van der Waals surface area contributed by atoms with Crippen LogP contribution in [0.3, 0.4) is 0 Å². The molecule has 1 aliphatic heterocycles. The second kappa shape index (κ2) is 10.5. The molecule has 164 valence electrons. The van der Waals surface area contributed by atoms with Gasteiger partial charge in [-0.1, -0.05) is 19.1 Å². The number of nitrogens with one attached hydrogen (secondary N) is 2. The van der Waals surface area contributed by atoms with Crippen LogP contribution in [0.1, 0.15) is 35.5 Å². The van der Waals surface area contributed by atoms with Gasteiger partial charge in [0.25, 0.3) is 5.91 Å². The number of thioether (sulfide) groups is 1. The number of benzene rings is 1. The lowest BCUT2D eigenvalue weighted by Crippen LogP contribution is -2.32. The predicted octanol–water partition coefficient (Wildman–Crippen LogP) is 3.47. The number of aryl methyl sites for hydroxylation is 1. The monoisotopic (exact) mass is 462 g/mol. The number of rotatable bonds is 8.